The molecule has 0 aliphatic heterocycles. The Morgan fingerprint density at radius 3 is 2.61 bits per heavy atom. The number of carbonyl (C=O) groups excluding carboxylic acids is 1. The Hall–Kier alpha value is -1.78. The molecule has 0 aromatic carbocycles. The number of hydrogen-bond acceptors (Lipinski definition) is 3. The molecule has 0 bridgehead atoms. The van der Waals surface area contributed by atoms with Gasteiger partial charge in [-0.3, -0.25) is 4.79 Å². The largest absolute Gasteiger partial charge is 0.478 e. The molecule has 0 radical (unpaired) electrons. The van der Waals surface area contributed by atoms with Gasteiger partial charge in [0.25, 0.3) is 0 Å². The number of aryl methyl sites for hydroxylation is 1. The first-order valence-electron chi connectivity index (χ1n) is 6.06. The van der Waals surface area contributed by atoms with Gasteiger partial charge in [0.15, 0.2) is 0 Å². The normalized spacial score (nSPS) is 15.2. The third-order valence-corrected chi connectivity index (χ3v) is 3.42. The second-order valence-electron chi connectivity index (χ2n) is 4.81. The minimum atomic E-state index is -1.00. The molecule has 1 aromatic rings. The van der Waals surface area contributed by atoms with Crippen LogP contribution in [0.1, 0.15) is 41.1 Å². The maximum absolute atomic E-state index is 11.9. The van der Waals surface area contributed by atoms with Gasteiger partial charge in [0, 0.05) is 13.0 Å². The van der Waals surface area contributed by atoms with Crippen molar-refractivity contribution in [3.63, 3.8) is 0 Å². The smallest absolute Gasteiger partial charge is 0.339 e. The van der Waals surface area contributed by atoms with E-state index >= 15 is 0 Å². The Balaban J connectivity index is 2.02. The summed E-state index contributed by atoms with van der Waals surface area (Å²) < 4.78 is 5.35. The summed E-state index contributed by atoms with van der Waals surface area (Å²) in [5.74, 6) is 0.148. The Bertz CT molecular complexity index is 473. The summed E-state index contributed by atoms with van der Waals surface area (Å²) in [6, 6.07) is 1.49. The Morgan fingerprint density at radius 2 is 2.17 bits per heavy atom. The number of amides is 1. The van der Waals surface area contributed by atoms with Gasteiger partial charge in [-0.2, -0.15) is 0 Å². The molecular weight excluding hydrogens is 234 g/mol. The number of carbonyl (C=O) groups is 2. The zero-order valence-electron chi connectivity index (χ0n) is 10.6. The Kier molecular flexibility index (Phi) is 3.41. The lowest BCUT2D eigenvalue weighted by Gasteiger charge is -2.28. The van der Waals surface area contributed by atoms with Gasteiger partial charge in [0.2, 0.25) is 5.91 Å². The van der Waals surface area contributed by atoms with Crippen LogP contribution in [0.2, 0.25) is 0 Å². The second kappa shape index (κ2) is 4.84. The molecule has 1 aliphatic carbocycles. The van der Waals surface area contributed by atoms with Crippen LogP contribution in [-0.2, 0) is 11.3 Å². The highest BCUT2D eigenvalue weighted by molar-refractivity contribution is 5.88. The predicted molar refractivity (Wildman–Crippen MR) is 64.2 cm³/mol. The molecule has 98 valence electrons. The Morgan fingerprint density at radius 1 is 1.50 bits per heavy atom. The monoisotopic (exact) mass is 251 g/mol. The molecule has 0 atom stereocenters. The van der Waals surface area contributed by atoms with E-state index in [0.29, 0.717) is 18.1 Å². The fraction of sp³-hybridized carbons (Fsp3) is 0.538. The van der Waals surface area contributed by atoms with E-state index in [9.17, 15) is 9.59 Å². The second-order valence-corrected chi connectivity index (χ2v) is 4.81. The molecule has 5 heteroatoms. The van der Waals surface area contributed by atoms with E-state index in [1.807, 2.05) is 0 Å². The number of aromatic carboxylic acids is 1. The first kappa shape index (κ1) is 12.7. The lowest BCUT2D eigenvalue weighted by atomic mass is 9.84. The van der Waals surface area contributed by atoms with E-state index in [2.05, 4.69) is 0 Å². The van der Waals surface area contributed by atoms with Crippen molar-refractivity contribution in [2.45, 2.75) is 32.7 Å². The number of carboxylic acid groups (broad SMARTS) is 1. The quantitative estimate of drug-likeness (QED) is 0.889. The SMILES string of the molecule is Cc1oc(CN(C)C(=O)C2CCC2)cc1C(=O)O. The molecule has 1 saturated carbocycles. The van der Waals surface area contributed by atoms with Crippen molar-refractivity contribution in [3.05, 3.63) is 23.2 Å². The average molecular weight is 251 g/mol. The molecule has 1 aliphatic rings. The first-order chi connectivity index (χ1) is 8.49. The van der Waals surface area contributed by atoms with E-state index in [1.165, 1.54) is 6.07 Å². The third kappa shape index (κ3) is 2.39. The maximum atomic E-state index is 11.9. The van der Waals surface area contributed by atoms with Crippen LogP contribution in [0.25, 0.3) is 0 Å². The van der Waals surface area contributed by atoms with Crippen molar-refractivity contribution in [2.75, 3.05) is 7.05 Å². The van der Waals surface area contributed by atoms with Crippen LogP contribution in [0.5, 0.6) is 0 Å². The summed E-state index contributed by atoms with van der Waals surface area (Å²) in [7, 11) is 1.72. The topological polar surface area (TPSA) is 70.8 Å². The zero-order chi connectivity index (χ0) is 13.3. The summed E-state index contributed by atoms with van der Waals surface area (Å²) in [6.07, 6.45) is 3.04. The van der Waals surface area contributed by atoms with Gasteiger partial charge in [0.05, 0.1) is 6.54 Å². The van der Waals surface area contributed by atoms with E-state index in [-0.39, 0.29) is 17.4 Å². The molecule has 1 fully saturated rings. The molecule has 0 saturated heterocycles. The fourth-order valence-electron chi connectivity index (χ4n) is 2.11. The van der Waals surface area contributed by atoms with Gasteiger partial charge in [-0.05, 0) is 25.8 Å². The van der Waals surface area contributed by atoms with Crippen molar-refractivity contribution < 1.29 is 19.1 Å². The standard InChI is InChI=1S/C13H17NO4/c1-8-11(13(16)17)6-10(18-8)7-14(2)12(15)9-4-3-5-9/h6,9H,3-5,7H2,1-2H3,(H,16,17). The van der Waals surface area contributed by atoms with Gasteiger partial charge in [-0.1, -0.05) is 6.42 Å². The molecule has 0 spiro atoms. The molecule has 5 nitrogen and oxygen atoms in total. The fourth-order valence-corrected chi connectivity index (χ4v) is 2.11. The van der Waals surface area contributed by atoms with Crippen LogP contribution < -0.4 is 0 Å². The predicted octanol–water partition coefficient (Wildman–Crippen LogP) is 2.04. The molecule has 1 aromatic heterocycles. The number of carboxylic acids is 1. The minimum absolute atomic E-state index is 0.118. The maximum Gasteiger partial charge on any atom is 0.339 e. The van der Waals surface area contributed by atoms with E-state index in [4.69, 9.17) is 9.52 Å². The molecule has 0 unspecified atom stereocenters. The summed E-state index contributed by atoms with van der Waals surface area (Å²) in [6.45, 7) is 1.93. The minimum Gasteiger partial charge on any atom is -0.478 e. The highest BCUT2D eigenvalue weighted by atomic mass is 16.4. The number of hydrogen-bond donors (Lipinski definition) is 1. The van der Waals surface area contributed by atoms with Gasteiger partial charge >= 0.3 is 5.97 Å². The molecule has 1 amide bonds. The highest BCUT2D eigenvalue weighted by Gasteiger charge is 2.28. The number of nitrogens with zero attached hydrogens (tertiary/aromatic N) is 1. The van der Waals surface area contributed by atoms with Gasteiger partial charge in [-0.15, -0.1) is 0 Å². The molecule has 1 N–H and O–H groups in total. The number of furan rings is 1. The summed E-state index contributed by atoms with van der Waals surface area (Å²) in [5, 5.41) is 8.92. The van der Waals surface area contributed by atoms with Crippen LogP contribution in [0.4, 0.5) is 0 Å². The summed E-state index contributed by atoms with van der Waals surface area (Å²) in [5.41, 5.74) is 0.162. The number of rotatable bonds is 4. The van der Waals surface area contributed by atoms with Crippen molar-refractivity contribution in [3.8, 4) is 0 Å². The lowest BCUT2D eigenvalue weighted by molar-refractivity contribution is -0.137. The summed E-state index contributed by atoms with van der Waals surface area (Å²) >= 11 is 0. The van der Waals surface area contributed by atoms with Gasteiger partial charge < -0.3 is 14.4 Å². The van der Waals surface area contributed by atoms with Crippen LogP contribution >= 0.6 is 0 Å². The van der Waals surface area contributed by atoms with E-state index in [0.717, 1.165) is 19.3 Å². The van der Waals surface area contributed by atoms with Crippen LogP contribution in [0.3, 0.4) is 0 Å². The van der Waals surface area contributed by atoms with Crippen LogP contribution in [0.15, 0.2) is 10.5 Å². The molecule has 2 rings (SSSR count). The average Bonchev–Trinajstić information content (AvgIpc) is 2.56. The van der Waals surface area contributed by atoms with E-state index in [1.54, 1.807) is 18.9 Å². The molecule has 1 heterocycles. The van der Waals surface area contributed by atoms with Crippen LogP contribution in [0, 0.1) is 12.8 Å². The van der Waals surface area contributed by atoms with E-state index < -0.39 is 5.97 Å². The Labute approximate surface area is 105 Å². The van der Waals surface area contributed by atoms with Crippen molar-refractivity contribution in [2.24, 2.45) is 5.92 Å². The van der Waals surface area contributed by atoms with Crippen molar-refractivity contribution in [1.82, 2.24) is 4.90 Å². The first-order valence-corrected chi connectivity index (χ1v) is 6.06. The van der Waals surface area contributed by atoms with Gasteiger partial charge in [-0.25, -0.2) is 4.79 Å². The van der Waals surface area contributed by atoms with Crippen molar-refractivity contribution in [1.29, 1.82) is 0 Å². The lowest BCUT2D eigenvalue weighted by Crippen LogP contribution is -2.35. The van der Waals surface area contributed by atoms with Gasteiger partial charge in [0.1, 0.15) is 17.1 Å². The summed E-state index contributed by atoms with van der Waals surface area (Å²) in [4.78, 5) is 24.4. The third-order valence-electron chi connectivity index (χ3n) is 3.42. The van der Waals surface area contributed by atoms with Crippen LogP contribution in [-0.4, -0.2) is 28.9 Å². The van der Waals surface area contributed by atoms with Crippen molar-refractivity contribution >= 4 is 11.9 Å². The molecule has 18 heavy (non-hydrogen) atoms. The molecular formula is C13H17NO4. The highest BCUT2D eigenvalue weighted by Crippen LogP contribution is 2.28. The zero-order valence-corrected chi connectivity index (χ0v) is 10.6.